The zero-order valence-corrected chi connectivity index (χ0v) is 15.2. The van der Waals surface area contributed by atoms with Gasteiger partial charge in [0.15, 0.2) is 0 Å². The Morgan fingerprint density at radius 3 is 3.00 bits per heavy atom. The van der Waals surface area contributed by atoms with Crippen LogP contribution in [0, 0.1) is 0 Å². The van der Waals surface area contributed by atoms with Gasteiger partial charge in [-0.15, -0.1) is 0 Å². The molecule has 132 valence electrons. The van der Waals surface area contributed by atoms with Crippen LogP contribution in [0.1, 0.15) is 57.1 Å². The van der Waals surface area contributed by atoms with Crippen molar-refractivity contribution in [2.24, 2.45) is 0 Å². The van der Waals surface area contributed by atoms with E-state index in [1.165, 1.54) is 30.4 Å². The van der Waals surface area contributed by atoms with E-state index in [-0.39, 0.29) is 11.5 Å². The normalized spacial score (nSPS) is 25.4. The van der Waals surface area contributed by atoms with Gasteiger partial charge in [0.25, 0.3) is 0 Å². The van der Waals surface area contributed by atoms with Crippen LogP contribution in [0.25, 0.3) is 0 Å². The highest BCUT2D eigenvalue weighted by Gasteiger charge is 2.49. The third-order valence-corrected chi connectivity index (χ3v) is 5.87. The van der Waals surface area contributed by atoms with Gasteiger partial charge in [-0.2, -0.15) is 0 Å². The van der Waals surface area contributed by atoms with Gasteiger partial charge in [-0.3, -0.25) is 0 Å². The van der Waals surface area contributed by atoms with Gasteiger partial charge in [-0.25, -0.2) is 4.79 Å². The molecular weight excluding hydrogens is 300 g/mol. The van der Waals surface area contributed by atoms with Crippen LogP contribution in [0.5, 0.6) is 5.75 Å². The Hall–Kier alpha value is -1.55. The molecule has 0 radical (unpaired) electrons. The summed E-state index contributed by atoms with van der Waals surface area (Å²) in [6, 6.07) is 6.73. The van der Waals surface area contributed by atoms with Gasteiger partial charge in [0, 0.05) is 18.0 Å². The van der Waals surface area contributed by atoms with E-state index in [2.05, 4.69) is 43.2 Å². The van der Waals surface area contributed by atoms with E-state index in [0.717, 1.165) is 25.8 Å². The fourth-order valence-corrected chi connectivity index (χ4v) is 4.34. The minimum absolute atomic E-state index is 0.195. The molecule has 0 aromatic heterocycles. The van der Waals surface area contributed by atoms with Crippen LogP contribution >= 0.6 is 0 Å². The topological polar surface area (TPSA) is 41.6 Å². The molecular formula is C20H30N2O2. The fraction of sp³-hybridized carbons (Fsp3) is 0.650. The minimum atomic E-state index is -0.338. The summed E-state index contributed by atoms with van der Waals surface area (Å²) in [5.41, 5.74) is 2.96. The number of carbonyl (C=O) groups is 1. The number of benzene rings is 1. The van der Waals surface area contributed by atoms with E-state index in [0.29, 0.717) is 18.3 Å². The van der Waals surface area contributed by atoms with Crippen molar-refractivity contribution in [3.05, 3.63) is 29.3 Å². The largest absolute Gasteiger partial charge is 0.412 e. The number of unbranched alkanes of at least 4 members (excludes halogenated alkanes) is 3. The summed E-state index contributed by atoms with van der Waals surface area (Å²) >= 11 is 0. The van der Waals surface area contributed by atoms with Crippen LogP contribution in [-0.4, -0.2) is 37.2 Å². The lowest BCUT2D eigenvalue weighted by atomic mass is 9.80. The number of fused-ring (bicyclic) bond motifs is 3. The number of hydrogen-bond acceptors (Lipinski definition) is 3. The molecule has 1 aliphatic heterocycles. The summed E-state index contributed by atoms with van der Waals surface area (Å²) in [6.45, 7) is 6.37. The van der Waals surface area contributed by atoms with Gasteiger partial charge in [0.1, 0.15) is 5.75 Å². The standard InChI is InChI=1S/C20H30N2O2/c1-4-5-6-7-11-21-19(23)24-16-9-8-15-13-18-20(2,17(15)14-16)10-12-22(18)3/h8-9,14,18H,4-7,10-13H2,1-3H3,(H,21,23)/t18?,20-/m0/s1. The van der Waals surface area contributed by atoms with Crippen molar-refractivity contribution < 1.29 is 9.53 Å². The highest BCUT2D eigenvalue weighted by atomic mass is 16.6. The van der Waals surface area contributed by atoms with Crippen molar-refractivity contribution in [2.45, 2.75) is 63.8 Å². The lowest BCUT2D eigenvalue weighted by Crippen LogP contribution is -2.35. The monoisotopic (exact) mass is 330 g/mol. The molecule has 4 nitrogen and oxygen atoms in total. The quantitative estimate of drug-likeness (QED) is 0.805. The van der Waals surface area contributed by atoms with Crippen molar-refractivity contribution in [1.29, 1.82) is 0 Å². The zero-order chi connectivity index (χ0) is 17.2. The first-order valence-corrected chi connectivity index (χ1v) is 9.34. The summed E-state index contributed by atoms with van der Waals surface area (Å²) in [6.07, 6.45) is 6.53. The Morgan fingerprint density at radius 1 is 1.38 bits per heavy atom. The molecule has 4 heteroatoms. The molecule has 1 N–H and O–H groups in total. The van der Waals surface area contributed by atoms with Crippen molar-refractivity contribution in [2.75, 3.05) is 20.1 Å². The summed E-state index contributed by atoms with van der Waals surface area (Å²) in [5.74, 6) is 0.663. The number of rotatable bonds is 6. The first-order chi connectivity index (χ1) is 11.5. The van der Waals surface area contributed by atoms with Crippen molar-refractivity contribution in [1.82, 2.24) is 10.2 Å². The number of carbonyl (C=O) groups excluding carboxylic acids is 1. The van der Waals surface area contributed by atoms with Crippen molar-refractivity contribution in [3.8, 4) is 5.75 Å². The highest BCUT2D eigenvalue weighted by Crippen LogP contribution is 2.48. The smallest absolute Gasteiger partial charge is 0.410 e. The summed E-state index contributed by atoms with van der Waals surface area (Å²) in [7, 11) is 2.21. The van der Waals surface area contributed by atoms with Crippen molar-refractivity contribution in [3.63, 3.8) is 0 Å². The third kappa shape index (κ3) is 3.30. The fourth-order valence-electron chi connectivity index (χ4n) is 4.34. The third-order valence-electron chi connectivity index (χ3n) is 5.87. The number of ether oxygens (including phenoxy) is 1. The lowest BCUT2D eigenvalue weighted by Gasteiger charge is -2.27. The Morgan fingerprint density at radius 2 is 2.21 bits per heavy atom. The number of likely N-dealkylation sites (N-methyl/N-ethyl adjacent to an activating group) is 1. The number of likely N-dealkylation sites (tertiary alicyclic amines) is 1. The van der Waals surface area contributed by atoms with E-state index in [1.54, 1.807) is 0 Å². The molecule has 0 spiro atoms. The average molecular weight is 330 g/mol. The van der Waals surface area contributed by atoms with E-state index in [9.17, 15) is 4.79 Å². The molecule has 1 unspecified atom stereocenters. The maximum Gasteiger partial charge on any atom is 0.412 e. The van der Waals surface area contributed by atoms with Crippen LogP contribution in [0.2, 0.25) is 0 Å². The van der Waals surface area contributed by atoms with E-state index < -0.39 is 0 Å². The van der Waals surface area contributed by atoms with E-state index in [1.807, 2.05) is 6.07 Å². The molecule has 1 heterocycles. The second-order valence-corrected chi connectivity index (χ2v) is 7.56. The maximum absolute atomic E-state index is 12.0. The van der Waals surface area contributed by atoms with Gasteiger partial charge in [0.05, 0.1) is 0 Å². The summed E-state index contributed by atoms with van der Waals surface area (Å²) in [5, 5.41) is 2.85. The van der Waals surface area contributed by atoms with Crippen LogP contribution in [0.4, 0.5) is 4.79 Å². The highest BCUT2D eigenvalue weighted by molar-refractivity contribution is 5.70. The first-order valence-electron chi connectivity index (χ1n) is 9.34. The van der Waals surface area contributed by atoms with Gasteiger partial charge in [-0.05, 0) is 56.1 Å². The molecule has 3 rings (SSSR count). The molecule has 1 amide bonds. The van der Waals surface area contributed by atoms with Crippen LogP contribution in [-0.2, 0) is 11.8 Å². The second kappa shape index (κ2) is 7.14. The molecule has 1 fully saturated rings. The van der Waals surface area contributed by atoms with E-state index >= 15 is 0 Å². The molecule has 1 saturated heterocycles. The molecule has 1 aromatic rings. The Bertz CT molecular complexity index is 601. The SMILES string of the molecule is CCCCCCNC(=O)Oc1ccc2c(c1)[C@]1(C)CCN(C)C1C2. The number of hydrogen-bond donors (Lipinski definition) is 1. The Labute approximate surface area is 145 Å². The van der Waals surface area contributed by atoms with Gasteiger partial charge in [-0.1, -0.05) is 39.2 Å². The van der Waals surface area contributed by atoms with Crippen LogP contribution < -0.4 is 10.1 Å². The molecule has 2 atom stereocenters. The molecule has 0 bridgehead atoms. The predicted molar refractivity (Wildman–Crippen MR) is 96.7 cm³/mol. The minimum Gasteiger partial charge on any atom is -0.410 e. The number of nitrogens with zero attached hydrogens (tertiary/aromatic N) is 1. The Balaban J connectivity index is 1.59. The molecule has 0 saturated carbocycles. The lowest BCUT2D eigenvalue weighted by molar-refractivity contribution is 0.200. The summed E-state index contributed by atoms with van der Waals surface area (Å²) in [4.78, 5) is 14.4. The van der Waals surface area contributed by atoms with Crippen LogP contribution in [0.15, 0.2) is 18.2 Å². The zero-order valence-electron chi connectivity index (χ0n) is 15.2. The number of amides is 1. The average Bonchev–Trinajstić information content (AvgIpc) is 3.01. The van der Waals surface area contributed by atoms with Crippen molar-refractivity contribution >= 4 is 6.09 Å². The summed E-state index contributed by atoms with van der Waals surface area (Å²) < 4.78 is 5.50. The van der Waals surface area contributed by atoms with Gasteiger partial charge >= 0.3 is 6.09 Å². The Kier molecular flexibility index (Phi) is 5.14. The maximum atomic E-state index is 12.0. The number of nitrogens with one attached hydrogen (secondary N) is 1. The molecule has 1 aromatic carbocycles. The predicted octanol–water partition coefficient (Wildman–Crippen LogP) is 3.87. The van der Waals surface area contributed by atoms with E-state index in [4.69, 9.17) is 4.74 Å². The van der Waals surface area contributed by atoms with Gasteiger partial charge < -0.3 is 15.0 Å². The second-order valence-electron chi connectivity index (χ2n) is 7.56. The molecule has 1 aliphatic carbocycles. The van der Waals surface area contributed by atoms with Crippen LogP contribution in [0.3, 0.4) is 0 Å². The molecule has 24 heavy (non-hydrogen) atoms. The van der Waals surface area contributed by atoms with Gasteiger partial charge in [0.2, 0.25) is 0 Å². The molecule has 2 aliphatic rings. The first kappa shape index (κ1) is 17.3.